The molecule has 0 aliphatic rings. The fraction of sp³-hybridized carbons (Fsp3) is 0.686. The van der Waals surface area contributed by atoms with Gasteiger partial charge in [-0.1, -0.05) is 189 Å². The molecule has 0 bridgehead atoms. The monoisotopic (exact) mass is 874 g/mol. The van der Waals surface area contributed by atoms with E-state index in [9.17, 15) is 19.0 Å². The van der Waals surface area contributed by atoms with E-state index in [0.29, 0.717) is 6.42 Å². The van der Waals surface area contributed by atoms with Crippen molar-refractivity contribution in [1.82, 2.24) is 0 Å². The third kappa shape index (κ3) is 46.5. The van der Waals surface area contributed by atoms with Crippen LogP contribution in [-0.4, -0.2) is 49.3 Å². The number of hydrogen-bond donors (Lipinski definition) is 2. The summed E-state index contributed by atoms with van der Waals surface area (Å²) < 4.78 is 32.8. The van der Waals surface area contributed by atoms with Crippen LogP contribution < -0.4 is 5.73 Å². The van der Waals surface area contributed by atoms with E-state index in [4.69, 9.17) is 24.3 Å². The normalized spacial score (nSPS) is 14.0. The van der Waals surface area contributed by atoms with Gasteiger partial charge in [-0.05, 0) is 77.0 Å². The van der Waals surface area contributed by atoms with Crippen LogP contribution in [-0.2, 0) is 32.7 Å². The summed E-state index contributed by atoms with van der Waals surface area (Å²) in [6, 6.07) is 0. The first-order valence-corrected chi connectivity index (χ1v) is 25.6. The molecule has 0 amide bonds. The molecule has 0 heterocycles. The predicted molar refractivity (Wildman–Crippen MR) is 256 cm³/mol. The first-order chi connectivity index (χ1) is 29.8. The number of phosphoric acid groups is 1. The van der Waals surface area contributed by atoms with E-state index in [1.807, 2.05) is 12.2 Å². The van der Waals surface area contributed by atoms with E-state index >= 15 is 0 Å². The summed E-state index contributed by atoms with van der Waals surface area (Å²) in [5, 5.41) is 0. The van der Waals surface area contributed by atoms with Crippen molar-refractivity contribution in [2.24, 2.45) is 5.73 Å². The summed E-state index contributed by atoms with van der Waals surface area (Å²) in [4.78, 5) is 34.9. The van der Waals surface area contributed by atoms with Crippen molar-refractivity contribution < 1.29 is 37.6 Å². The number of allylic oxidation sites excluding steroid dienone is 14. The van der Waals surface area contributed by atoms with E-state index in [2.05, 4.69) is 86.8 Å². The van der Waals surface area contributed by atoms with Crippen LogP contribution in [0.1, 0.15) is 194 Å². The van der Waals surface area contributed by atoms with Crippen molar-refractivity contribution in [2.75, 3.05) is 26.4 Å². The van der Waals surface area contributed by atoms with Crippen LogP contribution in [0.25, 0.3) is 0 Å². The standard InChI is InChI=1S/C51H88NO8P/c1-3-5-7-9-11-13-15-17-19-21-23-24-26-27-29-31-33-35-37-39-41-43-50(53)57-47-49(48-59-61(55,56)58-46-45-52)60-51(54)44-42-40-38-36-34-32-30-28-25-22-20-18-16-14-12-10-8-6-4-2/h6,8,12,14,17-20,25,28,32,34,38,40,49H,3-5,7,9-11,13,15-16,21-24,26-27,29-31,33,35-37,39,41-48,52H2,1-2H3,(H,55,56)/t49-/m1/s1. The summed E-state index contributed by atoms with van der Waals surface area (Å²) in [6.07, 6.45) is 59.2. The average Bonchev–Trinajstić information content (AvgIpc) is 3.25. The number of carbonyl (C=O) groups is 2. The van der Waals surface area contributed by atoms with Crippen molar-refractivity contribution in [1.29, 1.82) is 0 Å². The fourth-order valence-electron chi connectivity index (χ4n) is 6.24. The minimum absolute atomic E-state index is 0.0381. The van der Waals surface area contributed by atoms with Crippen molar-refractivity contribution in [3.8, 4) is 0 Å². The lowest BCUT2D eigenvalue weighted by Crippen LogP contribution is -2.29. The maximum atomic E-state index is 12.6. The van der Waals surface area contributed by atoms with E-state index in [1.165, 1.54) is 103 Å². The Labute approximate surface area is 373 Å². The van der Waals surface area contributed by atoms with Gasteiger partial charge in [-0.25, -0.2) is 4.57 Å². The minimum Gasteiger partial charge on any atom is -0.462 e. The Kier molecular flexibility index (Phi) is 44.5. The Hall–Kier alpha value is -2.81. The third-order valence-electron chi connectivity index (χ3n) is 9.78. The van der Waals surface area contributed by atoms with Crippen molar-refractivity contribution in [2.45, 2.75) is 200 Å². The molecule has 61 heavy (non-hydrogen) atoms. The number of carbonyl (C=O) groups excluding carboxylic acids is 2. The minimum atomic E-state index is -4.41. The number of ether oxygens (including phenoxy) is 2. The molecule has 0 aromatic heterocycles. The highest BCUT2D eigenvalue weighted by Gasteiger charge is 2.25. The SMILES string of the molecule is CCC=CCC=CCC=CCC=CCC=CCC=CCCC(=O)O[C@H](COC(=O)CCCCCCCCCCCCCC=CCCCCCCCC)COP(=O)(O)OCCN. The van der Waals surface area contributed by atoms with Crippen molar-refractivity contribution >= 4 is 19.8 Å². The number of hydrogen-bond acceptors (Lipinski definition) is 8. The Bertz CT molecular complexity index is 1270. The van der Waals surface area contributed by atoms with Crippen molar-refractivity contribution in [3.63, 3.8) is 0 Å². The molecule has 0 fully saturated rings. The lowest BCUT2D eigenvalue weighted by Gasteiger charge is -2.19. The van der Waals surface area contributed by atoms with Crippen LogP contribution >= 0.6 is 7.82 Å². The Morgan fingerprint density at radius 1 is 0.508 bits per heavy atom. The lowest BCUT2D eigenvalue weighted by atomic mass is 10.0. The van der Waals surface area contributed by atoms with Gasteiger partial charge in [0.2, 0.25) is 0 Å². The molecule has 0 aliphatic carbocycles. The highest BCUT2D eigenvalue weighted by Crippen LogP contribution is 2.43. The van der Waals surface area contributed by atoms with Gasteiger partial charge in [-0.2, -0.15) is 0 Å². The van der Waals surface area contributed by atoms with Crippen LogP contribution in [0.4, 0.5) is 0 Å². The number of phosphoric ester groups is 1. The largest absolute Gasteiger partial charge is 0.472 e. The van der Waals surface area contributed by atoms with Crippen LogP contribution in [0.5, 0.6) is 0 Å². The van der Waals surface area contributed by atoms with Crippen LogP contribution in [0.3, 0.4) is 0 Å². The van der Waals surface area contributed by atoms with E-state index < -0.39 is 32.5 Å². The second kappa shape index (κ2) is 46.7. The molecule has 0 rings (SSSR count). The van der Waals surface area contributed by atoms with E-state index in [0.717, 1.165) is 57.8 Å². The van der Waals surface area contributed by atoms with Gasteiger partial charge >= 0.3 is 19.8 Å². The molecule has 0 saturated heterocycles. The van der Waals surface area contributed by atoms with Gasteiger partial charge in [0.15, 0.2) is 6.10 Å². The van der Waals surface area contributed by atoms with Gasteiger partial charge in [0.25, 0.3) is 0 Å². The lowest BCUT2D eigenvalue weighted by molar-refractivity contribution is -0.161. The van der Waals surface area contributed by atoms with Crippen LogP contribution in [0, 0.1) is 0 Å². The fourth-order valence-corrected chi connectivity index (χ4v) is 7.01. The molecule has 2 atom stereocenters. The Balaban J connectivity index is 4.20. The molecule has 0 aromatic carbocycles. The summed E-state index contributed by atoms with van der Waals surface area (Å²) in [5.41, 5.74) is 5.35. The van der Waals surface area contributed by atoms with E-state index in [-0.39, 0.29) is 32.6 Å². The molecule has 10 heteroatoms. The first kappa shape index (κ1) is 58.2. The molecule has 0 spiro atoms. The highest BCUT2D eigenvalue weighted by molar-refractivity contribution is 7.47. The van der Waals surface area contributed by atoms with Gasteiger partial charge in [-0.15, -0.1) is 0 Å². The maximum absolute atomic E-state index is 12.6. The molecule has 0 aliphatic heterocycles. The number of esters is 2. The van der Waals surface area contributed by atoms with Crippen LogP contribution in [0.2, 0.25) is 0 Å². The highest BCUT2D eigenvalue weighted by atomic mass is 31.2. The summed E-state index contributed by atoms with van der Waals surface area (Å²) in [6.45, 7) is 3.53. The zero-order chi connectivity index (χ0) is 44.6. The zero-order valence-electron chi connectivity index (χ0n) is 38.6. The van der Waals surface area contributed by atoms with Gasteiger partial charge in [-0.3, -0.25) is 18.6 Å². The Morgan fingerprint density at radius 3 is 1.41 bits per heavy atom. The molecule has 0 aromatic rings. The molecular weight excluding hydrogens is 786 g/mol. The molecule has 3 N–H and O–H groups in total. The third-order valence-corrected chi connectivity index (χ3v) is 10.8. The van der Waals surface area contributed by atoms with Crippen molar-refractivity contribution in [3.05, 3.63) is 85.1 Å². The number of nitrogens with two attached hydrogens (primary N) is 1. The molecular formula is C51H88NO8P. The van der Waals surface area contributed by atoms with Gasteiger partial charge in [0, 0.05) is 19.4 Å². The second-order valence-electron chi connectivity index (χ2n) is 15.6. The van der Waals surface area contributed by atoms with Gasteiger partial charge in [0.1, 0.15) is 6.61 Å². The molecule has 350 valence electrons. The van der Waals surface area contributed by atoms with Gasteiger partial charge in [0.05, 0.1) is 13.2 Å². The quantitative estimate of drug-likeness (QED) is 0.0265. The smallest absolute Gasteiger partial charge is 0.462 e. The van der Waals surface area contributed by atoms with Gasteiger partial charge < -0.3 is 20.1 Å². The summed E-state index contributed by atoms with van der Waals surface area (Å²) in [7, 11) is -4.41. The van der Waals surface area contributed by atoms with E-state index in [1.54, 1.807) is 0 Å². The molecule has 0 radical (unpaired) electrons. The average molecular weight is 874 g/mol. The number of rotatable bonds is 44. The predicted octanol–water partition coefficient (Wildman–Crippen LogP) is 14.4. The first-order valence-electron chi connectivity index (χ1n) is 24.1. The number of unbranched alkanes of at least 4 members (excludes halogenated alkanes) is 17. The maximum Gasteiger partial charge on any atom is 0.472 e. The zero-order valence-corrected chi connectivity index (χ0v) is 39.5. The Morgan fingerprint density at radius 2 is 0.934 bits per heavy atom. The molecule has 0 saturated carbocycles. The van der Waals surface area contributed by atoms with Crippen LogP contribution in [0.15, 0.2) is 85.1 Å². The molecule has 1 unspecified atom stereocenters. The summed E-state index contributed by atoms with van der Waals surface area (Å²) in [5.74, 6) is -0.930. The topological polar surface area (TPSA) is 134 Å². The molecule has 9 nitrogen and oxygen atoms in total. The summed E-state index contributed by atoms with van der Waals surface area (Å²) >= 11 is 0. The second-order valence-corrected chi connectivity index (χ2v) is 17.0.